The first-order valence-corrected chi connectivity index (χ1v) is 8.97. The van der Waals surface area contributed by atoms with Crippen LogP contribution in [-0.4, -0.2) is 36.1 Å². The van der Waals surface area contributed by atoms with Gasteiger partial charge in [0.2, 0.25) is 0 Å². The van der Waals surface area contributed by atoms with Crippen LogP contribution in [0.3, 0.4) is 0 Å². The van der Waals surface area contributed by atoms with Crippen LogP contribution in [0.25, 0.3) is 39.1 Å². The maximum atomic E-state index is 5.50. The molecule has 27 heavy (non-hydrogen) atoms. The molecule has 126 valence electrons. The molecule has 0 amide bonds. The Balaban J connectivity index is 1.92. The van der Waals surface area contributed by atoms with E-state index in [1.165, 1.54) is 0 Å². The monoisotopic (exact) mass is 364 g/mol. The van der Waals surface area contributed by atoms with E-state index in [4.69, 9.17) is 8.77 Å². The largest absolute Gasteiger partial charge is 0.653 e. The standard InChI is InChI=1S/C21H14N4O.Al/c26-18-11-2-1-8-15(18)20-24-16-9-5-13-23-21(16)25(20)17-10-3-6-14-7-4-12-22-19(14)17;/h1-13,26H;/q;+1/p-1. The van der Waals surface area contributed by atoms with Crippen molar-refractivity contribution in [1.82, 2.24) is 19.5 Å². The second kappa shape index (κ2) is 6.51. The molecule has 2 radical (unpaired) electrons. The Bertz CT molecular complexity index is 1280. The minimum atomic E-state index is 0.729. The van der Waals surface area contributed by atoms with Gasteiger partial charge in [0.05, 0.1) is 22.5 Å². The summed E-state index contributed by atoms with van der Waals surface area (Å²) in [5, 5.41) is 1.06. The quantitative estimate of drug-likeness (QED) is 0.452. The Morgan fingerprint density at radius 1 is 0.815 bits per heavy atom. The van der Waals surface area contributed by atoms with Gasteiger partial charge in [-0.3, -0.25) is 9.55 Å². The molecule has 3 heterocycles. The third-order valence-corrected chi connectivity index (χ3v) is 4.78. The molecule has 0 aliphatic heterocycles. The van der Waals surface area contributed by atoms with Crippen LogP contribution >= 0.6 is 0 Å². The fraction of sp³-hybridized carbons (Fsp3) is 0. The van der Waals surface area contributed by atoms with Crippen LogP contribution in [-0.2, 0) is 0 Å². The van der Waals surface area contributed by atoms with E-state index in [0.717, 1.165) is 44.9 Å². The highest BCUT2D eigenvalue weighted by molar-refractivity contribution is 6.01. The third kappa shape index (κ3) is 2.58. The first kappa shape index (κ1) is 16.0. The predicted molar refractivity (Wildman–Crippen MR) is 106 cm³/mol. The van der Waals surface area contributed by atoms with Crippen LogP contribution in [0.2, 0.25) is 0 Å². The fourth-order valence-electron chi connectivity index (χ4n) is 3.34. The van der Waals surface area contributed by atoms with Crippen molar-refractivity contribution in [3.8, 4) is 22.8 Å². The Hall–Kier alpha value is -3.20. The number of fused-ring (bicyclic) bond motifs is 2. The summed E-state index contributed by atoms with van der Waals surface area (Å²) in [6, 6.07) is 21.8. The first-order valence-electron chi connectivity index (χ1n) is 8.50. The zero-order valence-corrected chi connectivity index (χ0v) is 15.4. The Morgan fingerprint density at radius 3 is 2.56 bits per heavy atom. The van der Waals surface area contributed by atoms with Crippen molar-refractivity contribution in [3.63, 3.8) is 0 Å². The molecule has 0 saturated carbocycles. The summed E-state index contributed by atoms with van der Waals surface area (Å²) in [7, 11) is 0. The molecule has 3 aromatic heterocycles. The molecular weight excluding hydrogens is 351 g/mol. The maximum absolute atomic E-state index is 5.50. The molecule has 0 aliphatic rings. The van der Waals surface area contributed by atoms with Crippen molar-refractivity contribution in [3.05, 3.63) is 79.1 Å². The molecule has 5 nitrogen and oxygen atoms in total. The third-order valence-electron chi connectivity index (χ3n) is 4.52. The summed E-state index contributed by atoms with van der Waals surface area (Å²) >= 11 is 2.31. The average molecular weight is 364 g/mol. The summed E-state index contributed by atoms with van der Waals surface area (Å²) in [6.07, 6.45) is 3.58. The van der Waals surface area contributed by atoms with Crippen molar-refractivity contribution >= 4 is 38.7 Å². The lowest BCUT2D eigenvalue weighted by Gasteiger charge is -2.14. The minimum Gasteiger partial charge on any atom is -0.653 e. The van der Waals surface area contributed by atoms with Gasteiger partial charge < -0.3 is 3.79 Å². The molecule has 0 bridgehead atoms. The number of hydrogen-bond acceptors (Lipinski definition) is 4. The van der Waals surface area contributed by atoms with Crippen molar-refractivity contribution in [2.75, 3.05) is 0 Å². The van der Waals surface area contributed by atoms with Crippen LogP contribution in [0.4, 0.5) is 0 Å². The lowest BCUT2D eigenvalue weighted by Crippen LogP contribution is -2.01. The maximum Gasteiger partial charge on any atom is 0.482 e. The first-order chi connectivity index (χ1) is 13.4. The highest BCUT2D eigenvalue weighted by atomic mass is 27.1. The van der Waals surface area contributed by atoms with E-state index in [1.54, 1.807) is 12.4 Å². The number of benzene rings is 2. The van der Waals surface area contributed by atoms with E-state index in [-0.39, 0.29) is 0 Å². The zero-order valence-electron chi connectivity index (χ0n) is 14.3. The van der Waals surface area contributed by atoms with E-state index < -0.39 is 0 Å². The fourth-order valence-corrected chi connectivity index (χ4v) is 3.55. The highest BCUT2D eigenvalue weighted by Crippen LogP contribution is 2.34. The summed E-state index contributed by atoms with van der Waals surface area (Å²) < 4.78 is 7.55. The number of nitrogens with zero attached hydrogens (tertiary/aromatic N) is 4. The predicted octanol–water partition coefficient (Wildman–Crippen LogP) is 4.10. The molecule has 6 heteroatoms. The van der Waals surface area contributed by atoms with E-state index in [2.05, 4.69) is 38.7 Å². The number of para-hydroxylation sites is 2. The Kier molecular flexibility index (Phi) is 3.86. The van der Waals surface area contributed by atoms with E-state index in [1.807, 2.05) is 59.2 Å². The number of rotatable bonds is 3. The van der Waals surface area contributed by atoms with E-state index in [9.17, 15) is 0 Å². The highest BCUT2D eigenvalue weighted by Gasteiger charge is 2.19. The minimum absolute atomic E-state index is 0.729. The van der Waals surface area contributed by atoms with Crippen molar-refractivity contribution in [2.24, 2.45) is 0 Å². The number of hydrogen-bond donors (Lipinski definition) is 0. The summed E-state index contributed by atoms with van der Waals surface area (Å²) in [6.45, 7) is 0. The van der Waals surface area contributed by atoms with Gasteiger partial charge >= 0.3 is 16.6 Å². The van der Waals surface area contributed by atoms with Crippen molar-refractivity contribution in [2.45, 2.75) is 0 Å². The van der Waals surface area contributed by atoms with Crippen LogP contribution < -0.4 is 3.79 Å². The molecule has 0 unspecified atom stereocenters. The second-order valence-electron chi connectivity index (χ2n) is 6.08. The van der Waals surface area contributed by atoms with Gasteiger partial charge in [-0.2, -0.15) is 0 Å². The van der Waals surface area contributed by atoms with Crippen LogP contribution in [0.5, 0.6) is 5.75 Å². The van der Waals surface area contributed by atoms with Crippen molar-refractivity contribution < 1.29 is 3.79 Å². The Labute approximate surface area is 164 Å². The number of imidazole rings is 1. The Morgan fingerprint density at radius 2 is 1.63 bits per heavy atom. The second-order valence-corrected chi connectivity index (χ2v) is 6.32. The SMILES string of the molecule is [Al][O]c1ccccc1-c1nc2cccnc2n1-c1cccc2cccnc12. The molecular formula is C21H13AlN4O. The van der Waals surface area contributed by atoms with E-state index in [0.29, 0.717) is 0 Å². The molecule has 0 fully saturated rings. The van der Waals surface area contributed by atoms with Gasteiger partial charge in [0.1, 0.15) is 5.52 Å². The lowest BCUT2D eigenvalue weighted by molar-refractivity contribution is 0.617. The van der Waals surface area contributed by atoms with Crippen LogP contribution in [0.15, 0.2) is 79.1 Å². The molecule has 2 aromatic carbocycles. The van der Waals surface area contributed by atoms with Gasteiger partial charge in [0.25, 0.3) is 0 Å². The molecule has 0 spiro atoms. The van der Waals surface area contributed by atoms with Gasteiger partial charge in [-0.15, -0.1) is 0 Å². The normalized spacial score (nSPS) is 11.1. The van der Waals surface area contributed by atoms with Gasteiger partial charge in [-0.1, -0.05) is 30.3 Å². The van der Waals surface area contributed by atoms with Crippen LogP contribution in [0, 0.1) is 0 Å². The molecule has 5 rings (SSSR count). The summed E-state index contributed by atoms with van der Waals surface area (Å²) in [5.41, 5.74) is 4.32. The van der Waals surface area contributed by atoms with E-state index >= 15 is 0 Å². The van der Waals surface area contributed by atoms with Gasteiger partial charge in [-0.05, 0) is 36.4 Å². The van der Waals surface area contributed by atoms with Gasteiger partial charge in [0.15, 0.2) is 11.5 Å². The lowest BCUT2D eigenvalue weighted by atomic mass is 10.1. The molecule has 5 aromatic rings. The van der Waals surface area contributed by atoms with Gasteiger partial charge in [0, 0.05) is 17.8 Å². The molecule has 0 aliphatic carbocycles. The zero-order chi connectivity index (χ0) is 18.2. The summed E-state index contributed by atoms with van der Waals surface area (Å²) in [5.74, 6) is 1.49. The smallest absolute Gasteiger partial charge is 0.482 e. The number of pyridine rings is 2. The summed E-state index contributed by atoms with van der Waals surface area (Å²) in [4.78, 5) is 14.1. The average Bonchev–Trinajstić information content (AvgIpc) is 3.12. The number of aromatic nitrogens is 4. The topological polar surface area (TPSA) is 52.8 Å². The van der Waals surface area contributed by atoms with Crippen LogP contribution in [0.1, 0.15) is 0 Å². The van der Waals surface area contributed by atoms with Crippen molar-refractivity contribution in [1.29, 1.82) is 0 Å². The molecule has 0 saturated heterocycles. The molecule has 0 N–H and O–H groups in total. The molecule has 0 atom stereocenters. The van der Waals surface area contributed by atoms with Gasteiger partial charge in [-0.25, -0.2) is 9.97 Å².